The summed E-state index contributed by atoms with van der Waals surface area (Å²) in [6.45, 7) is 3.99. The SMILES string of the molecule is COc1ccc([C@H]2C[C@@H]2COc2nc3cccnc3cc2-c2ccc(C(C)(C)O)nc2)nc1. The van der Waals surface area contributed by atoms with E-state index in [9.17, 15) is 5.11 Å². The maximum absolute atomic E-state index is 10.2. The molecule has 4 aromatic rings. The van der Waals surface area contributed by atoms with Gasteiger partial charge in [-0.3, -0.25) is 15.0 Å². The van der Waals surface area contributed by atoms with Gasteiger partial charge in [0.05, 0.1) is 36.6 Å². The molecule has 7 heteroatoms. The Kier molecular flexibility index (Phi) is 5.42. The maximum atomic E-state index is 10.2. The van der Waals surface area contributed by atoms with Crippen LogP contribution in [-0.4, -0.2) is 38.8 Å². The van der Waals surface area contributed by atoms with E-state index in [1.54, 1.807) is 39.5 Å². The highest BCUT2D eigenvalue weighted by Crippen LogP contribution is 2.47. The van der Waals surface area contributed by atoms with Crippen LogP contribution in [0.3, 0.4) is 0 Å². The highest BCUT2D eigenvalue weighted by Gasteiger charge is 2.40. The number of fused-ring (bicyclic) bond motifs is 1. The van der Waals surface area contributed by atoms with Crippen molar-refractivity contribution >= 4 is 11.0 Å². The van der Waals surface area contributed by atoms with Crippen LogP contribution in [0.1, 0.15) is 37.6 Å². The molecule has 0 aliphatic heterocycles. The topological polar surface area (TPSA) is 90.2 Å². The van der Waals surface area contributed by atoms with Crippen LogP contribution >= 0.6 is 0 Å². The Morgan fingerprint density at radius 3 is 2.61 bits per heavy atom. The number of ether oxygens (including phenoxy) is 2. The summed E-state index contributed by atoms with van der Waals surface area (Å²) in [5, 5.41) is 10.2. The van der Waals surface area contributed by atoms with E-state index in [0.29, 0.717) is 30.0 Å². The lowest BCUT2D eigenvalue weighted by Gasteiger charge is -2.17. The lowest BCUT2D eigenvalue weighted by molar-refractivity contribution is 0.0739. The van der Waals surface area contributed by atoms with E-state index in [0.717, 1.165) is 40.0 Å². The molecule has 168 valence electrons. The van der Waals surface area contributed by atoms with E-state index >= 15 is 0 Å². The molecule has 1 aliphatic rings. The van der Waals surface area contributed by atoms with Gasteiger partial charge in [-0.25, -0.2) is 4.98 Å². The molecule has 7 nitrogen and oxygen atoms in total. The van der Waals surface area contributed by atoms with Crippen LogP contribution in [0.25, 0.3) is 22.2 Å². The van der Waals surface area contributed by atoms with Gasteiger partial charge in [0.25, 0.3) is 0 Å². The minimum atomic E-state index is -1.00. The zero-order chi connectivity index (χ0) is 23.0. The van der Waals surface area contributed by atoms with E-state index in [1.165, 1.54) is 0 Å². The van der Waals surface area contributed by atoms with Gasteiger partial charge in [-0.05, 0) is 56.7 Å². The van der Waals surface area contributed by atoms with Gasteiger partial charge >= 0.3 is 0 Å². The van der Waals surface area contributed by atoms with Crippen molar-refractivity contribution in [1.29, 1.82) is 0 Å². The zero-order valence-electron chi connectivity index (χ0n) is 18.9. The zero-order valence-corrected chi connectivity index (χ0v) is 18.9. The molecular weight excluding hydrogens is 416 g/mol. The second-order valence-electron chi connectivity index (χ2n) is 8.91. The van der Waals surface area contributed by atoms with Crippen LogP contribution in [0.4, 0.5) is 0 Å². The Hall–Kier alpha value is -3.58. The predicted molar refractivity (Wildman–Crippen MR) is 125 cm³/mol. The van der Waals surface area contributed by atoms with Gasteiger partial charge in [-0.2, -0.15) is 0 Å². The molecule has 2 atom stereocenters. The second kappa shape index (κ2) is 8.41. The highest BCUT2D eigenvalue weighted by atomic mass is 16.5. The normalized spacial score (nSPS) is 17.7. The number of aromatic nitrogens is 4. The quantitative estimate of drug-likeness (QED) is 0.450. The number of pyridine rings is 4. The summed E-state index contributed by atoms with van der Waals surface area (Å²) in [5.74, 6) is 2.09. The molecule has 33 heavy (non-hydrogen) atoms. The summed E-state index contributed by atoms with van der Waals surface area (Å²) < 4.78 is 11.4. The molecule has 1 saturated carbocycles. The third kappa shape index (κ3) is 4.50. The van der Waals surface area contributed by atoms with Crippen molar-refractivity contribution in [3.8, 4) is 22.8 Å². The van der Waals surface area contributed by atoms with E-state index in [1.807, 2.05) is 42.5 Å². The van der Waals surface area contributed by atoms with Gasteiger partial charge in [0.15, 0.2) is 0 Å². The summed E-state index contributed by atoms with van der Waals surface area (Å²) in [4.78, 5) is 18.2. The molecule has 1 fully saturated rings. The summed E-state index contributed by atoms with van der Waals surface area (Å²) in [7, 11) is 1.64. The third-order valence-corrected chi connectivity index (χ3v) is 5.98. The molecule has 0 unspecified atom stereocenters. The van der Waals surface area contributed by atoms with E-state index < -0.39 is 5.60 Å². The maximum Gasteiger partial charge on any atom is 0.222 e. The summed E-state index contributed by atoms with van der Waals surface area (Å²) in [5.41, 5.74) is 3.93. The van der Waals surface area contributed by atoms with Crippen LogP contribution in [0.2, 0.25) is 0 Å². The van der Waals surface area contributed by atoms with Crippen LogP contribution in [0, 0.1) is 5.92 Å². The summed E-state index contributed by atoms with van der Waals surface area (Å²) >= 11 is 0. The smallest absolute Gasteiger partial charge is 0.222 e. The van der Waals surface area contributed by atoms with Crippen LogP contribution in [0.15, 0.2) is 61.1 Å². The fourth-order valence-electron chi connectivity index (χ4n) is 3.93. The second-order valence-corrected chi connectivity index (χ2v) is 8.91. The molecule has 1 N–H and O–H groups in total. The molecule has 4 aromatic heterocycles. The number of hydrogen-bond acceptors (Lipinski definition) is 7. The van der Waals surface area contributed by atoms with Gasteiger partial charge in [-0.15, -0.1) is 0 Å². The average Bonchev–Trinajstić information content (AvgIpc) is 3.61. The standard InChI is InChI=1S/C26H26N4O3/c1-26(2,31)24-9-6-16(13-29-24)20-12-23-22(5-4-10-27-23)30-25(20)33-15-17-11-19(17)21-8-7-18(32-3)14-28-21/h4-10,12-14,17,19,31H,11,15H2,1-3H3/t17-,19+/m1/s1. The third-order valence-electron chi connectivity index (χ3n) is 5.98. The van der Waals surface area contributed by atoms with Gasteiger partial charge < -0.3 is 14.6 Å². The van der Waals surface area contributed by atoms with Crippen molar-refractivity contribution in [3.05, 3.63) is 72.4 Å². The van der Waals surface area contributed by atoms with Crippen molar-refractivity contribution in [2.45, 2.75) is 31.8 Å². The first-order valence-corrected chi connectivity index (χ1v) is 11.0. The van der Waals surface area contributed by atoms with Crippen molar-refractivity contribution in [2.24, 2.45) is 5.92 Å². The molecule has 5 rings (SSSR count). The molecule has 0 aromatic carbocycles. The Balaban J connectivity index is 1.39. The highest BCUT2D eigenvalue weighted by molar-refractivity contribution is 5.83. The fourth-order valence-corrected chi connectivity index (χ4v) is 3.93. The molecule has 4 heterocycles. The Morgan fingerprint density at radius 1 is 1.03 bits per heavy atom. The van der Waals surface area contributed by atoms with E-state index in [2.05, 4.69) is 15.0 Å². The van der Waals surface area contributed by atoms with Gasteiger partial charge in [-0.1, -0.05) is 6.07 Å². The Morgan fingerprint density at radius 2 is 1.91 bits per heavy atom. The largest absolute Gasteiger partial charge is 0.495 e. The van der Waals surface area contributed by atoms with Crippen molar-refractivity contribution in [1.82, 2.24) is 19.9 Å². The molecule has 0 saturated heterocycles. The number of nitrogens with zero attached hydrogens (tertiary/aromatic N) is 4. The number of methoxy groups -OCH3 is 1. The first kappa shape index (κ1) is 21.3. The molecule has 0 spiro atoms. The summed E-state index contributed by atoms with van der Waals surface area (Å²) in [6.07, 6.45) is 6.28. The lowest BCUT2D eigenvalue weighted by Crippen LogP contribution is -2.17. The van der Waals surface area contributed by atoms with Crippen LogP contribution in [0.5, 0.6) is 11.6 Å². The minimum Gasteiger partial charge on any atom is -0.495 e. The molecule has 1 aliphatic carbocycles. The number of rotatable bonds is 7. The van der Waals surface area contributed by atoms with Gasteiger partial charge in [0.2, 0.25) is 5.88 Å². The van der Waals surface area contributed by atoms with Crippen LogP contribution < -0.4 is 9.47 Å². The first-order chi connectivity index (χ1) is 15.9. The van der Waals surface area contributed by atoms with E-state index in [4.69, 9.17) is 14.5 Å². The number of hydrogen-bond donors (Lipinski definition) is 1. The molecule has 0 amide bonds. The first-order valence-electron chi connectivity index (χ1n) is 11.0. The van der Waals surface area contributed by atoms with Crippen LogP contribution in [-0.2, 0) is 5.60 Å². The molecular formula is C26H26N4O3. The fraction of sp³-hybridized carbons (Fsp3) is 0.308. The van der Waals surface area contributed by atoms with E-state index in [-0.39, 0.29) is 0 Å². The van der Waals surface area contributed by atoms with Crippen molar-refractivity contribution < 1.29 is 14.6 Å². The summed E-state index contributed by atoms with van der Waals surface area (Å²) in [6, 6.07) is 13.5. The lowest BCUT2D eigenvalue weighted by atomic mass is 10.0. The van der Waals surface area contributed by atoms with Gasteiger partial charge in [0, 0.05) is 41.1 Å². The van der Waals surface area contributed by atoms with Gasteiger partial charge in [0.1, 0.15) is 11.4 Å². The minimum absolute atomic E-state index is 0.384. The average molecular weight is 443 g/mol. The van der Waals surface area contributed by atoms with Crippen molar-refractivity contribution in [3.63, 3.8) is 0 Å². The Labute approximate surface area is 192 Å². The molecule has 0 radical (unpaired) electrons. The Bertz CT molecular complexity index is 1270. The molecule has 0 bridgehead atoms. The number of aliphatic hydroxyl groups is 1. The monoisotopic (exact) mass is 442 g/mol. The van der Waals surface area contributed by atoms with Crippen molar-refractivity contribution in [2.75, 3.05) is 13.7 Å². The predicted octanol–water partition coefficient (Wildman–Crippen LogP) is 4.51.